The van der Waals surface area contributed by atoms with Crippen molar-refractivity contribution in [1.29, 1.82) is 0 Å². The first kappa shape index (κ1) is 16.9. The average molecular weight is 342 g/mol. The molecule has 1 aliphatic rings. The third kappa shape index (κ3) is 3.96. The summed E-state index contributed by atoms with van der Waals surface area (Å²) < 4.78 is 1.31. The van der Waals surface area contributed by atoms with Crippen LogP contribution in [0.2, 0.25) is 0 Å². The minimum atomic E-state index is -0.118. The molecule has 3 heterocycles. The molecule has 132 valence electrons. The number of aryl methyl sites for hydroxylation is 1. The second-order valence-electron chi connectivity index (χ2n) is 6.17. The van der Waals surface area contributed by atoms with E-state index in [-0.39, 0.29) is 11.5 Å². The van der Waals surface area contributed by atoms with Gasteiger partial charge in [0.1, 0.15) is 5.82 Å². The van der Waals surface area contributed by atoms with Gasteiger partial charge in [-0.05, 0) is 24.5 Å². The fourth-order valence-electron chi connectivity index (χ4n) is 2.91. The zero-order valence-corrected chi connectivity index (χ0v) is 14.4. The molecule has 2 aromatic heterocycles. The summed E-state index contributed by atoms with van der Waals surface area (Å²) in [4.78, 5) is 30.2. The molecule has 0 radical (unpaired) electrons. The summed E-state index contributed by atoms with van der Waals surface area (Å²) >= 11 is 0. The molecule has 1 unspecified atom stereocenters. The Hall–Kier alpha value is -2.90. The number of amides is 1. The molecule has 3 rings (SSSR count). The fraction of sp³-hybridized carbons (Fsp3) is 0.412. The van der Waals surface area contributed by atoms with Gasteiger partial charge in [-0.2, -0.15) is 5.10 Å². The van der Waals surface area contributed by atoms with Crippen LogP contribution in [-0.2, 0) is 7.05 Å². The Kier molecular flexibility index (Phi) is 4.97. The van der Waals surface area contributed by atoms with Gasteiger partial charge in [0.25, 0.3) is 11.5 Å². The lowest BCUT2D eigenvalue weighted by Gasteiger charge is -2.18. The van der Waals surface area contributed by atoms with Crippen LogP contribution in [0.3, 0.4) is 0 Å². The maximum Gasteiger partial charge on any atom is 0.268 e. The summed E-state index contributed by atoms with van der Waals surface area (Å²) in [7, 11) is 3.40. The van der Waals surface area contributed by atoms with Crippen LogP contribution in [0, 0.1) is 5.92 Å². The van der Waals surface area contributed by atoms with Crippen molar-refractivity contribution in [2.45, 2.75) is 6.42 Å². The SMILES string of the molecule is CNc1cc(C(=O)NCC2CCN(c3cnn(C)c(=O)c3)C2)ccn1. The van der Waals surface area contributed by atoms with Crippen molar-refractivity contribution >= 4 is 17.4 Å². The highest BCUT2D eigenvalue weighted by Gasteiger charge is 2.24. The van der Waals surface area contributed by atoms with E-state index in [4.69, 9.17) is 0 Å². The minimum absolute atomic E-state index is 0.104. The number of nitrogens with zero attached hydrogens (tertiary/aromatic N) is 4. The van der Waals surface area contributed by atoms with Crippen molar-refractivity contribution < 1.29 is 4.79 Å². The van der Waals surface area contributed by atoms with Crippen LogP contribution < -0.4 is 21.1 Å². The lowest BCUT2D eigenvalue weighted by molar-refractivity contribution is 0.0948. The molecule has 8 nitrogen and oxygen atoms in total. The maximum absolute atomic E-state index is 12.3. The second-order valence-corrected chi connectivity index (χ2v) is 6.17. The number of hydrogen-bond donors (Lipinski definition) is 2. The quantitative estimate of drug-likeness (QED) is 0.821. The van der Waals surface area contributed by atoms with Crippen LogP contribution in [0.4, 0.5) is 11.5 Å². The van der Waals surface area contributed by atoms with Gasteiger partial charge in [-0.25, -0.2) is 9.67 Å². The van der Waals surface area contributed by atoms with E-state index in [9.17, 15) is 9.59 Å². The number of pyridine rings is 1. The van der Waals surface area contributed by atoms with E-state index >= 15 is 0 Å². The molecule has 2 aromatic rings. The summed E-state index contributed by atoms with van der Waals surface area (Å²) in [6.07, 6.45) is 4.28. The molecular formula is C17H22N6O2. The number of aromatic nitrogens is 3. The van der Waals surface area contributed by atoms with Gasteiger partial charge in [0, 0.05) is 51.6 Å². The largest absolute Gasteiger partial charge is 0.373 e. The Morgan fingerprint density at radius 1 is 1.40 bits per heavy atom. The molecule has 1 atom stereocenters. The molecule has 1 aliphatic heterocycles. The standard InChI is InChI=1S/C17H22N6O2/c1-18-15-7-13(3-5-19-15)17(25)20-9-12-4-6-23(11-12)14-8-16(24)22(2)21-10-14/h3,5,7-8,10,12H,4,6,9,11H2,1-2H3,(H,18,19)(H,20,25). The van der Waals surface area contributed by atoms with E-state index in [2.05, 4.69) is 25.6 Å². The van der Waals surface area contributed by atoms with Gasteiger partial charge >= 0.3 is 0 Å². The monoisotopic (exact) mass is 342 g/mol. The molecule has 0 aromatic carbocycles. The van der Waals surface area contributed by atoms with Crippen molar-refractivity contribution in [2.24, 2.45) is 13.0 Å². The average Bonchev–Trinajstić information content (AvgIpc) is 3.11. The van der Waals surface area contributed by atoms with Crippen LogP contribution in [-0.4, -0.2) is 47.4 Å². The van der Waals surface area contributed by atoms with Crippen molar-refractivity contribution in [3.63, 3.8) is 0 Å². The number of nitrogens with one attached hydrogen (secondary N) is 2. The number of carbonyl (C=O) groups is 1. The molecule has 25 heavy (non-hydrogen) atoms. The van der Waals surface area contributed by atoms with Crippen LogP contribution in [0.5, 0.6) is 0 Å². The fourth-order valence-corrected chi connectivity index (χ4v) is 2.91. The summed E-state index contributed by atoms with van der Waals surface area (Å²) in [5, 5.41) is 9.96. The molecular weight excluding hydrogens is 320 g/mol. The Labute approximate surface area is 145 Å². The smallest absolute Gasteiger partial charge is 0.268 e. The van der Waals surface area contributed by atoms with Gasteiger partial charge < -0.3 is 15.5 Å². The van der Waals surface area contributed by atoms with Crippen LogP contribution >= 0.6 is 0 Å². The number of hydrogen-bond acceptors (Lipinski definition) is 6. The Balaban J connectivity index is 1.55. The summed E-state index contributed by atoms with van der Waals surface area (Å²) in [5.74, 6) is 0.907. The lowest BCUT2D eigenvalue weighted by Crippen LogP contribution is -2.31. The first-order valence-electron chi connectivity index (χ1n) is 8.27. The predicted octanol–water partition coefficient (Wildman–Crippen LogP) is 0.473. The minimum Gasteiger partial charge on any atom is -0.373 e. The highest BCUT2D eigenvalue weighted by molar-refractivity contribution is 5.94. The first-order chi connectivity index (χ1) is 12.1. The third-order valence-corrected chi connectivity index (χ3v) is 4.43. The maximum atomic E-state index is 12.3. The predicted molar refractivity (Wildman–Crippen MR) is 95.9 cm³/mol. The van der Waals surface area contributed by atoms with Crippen LogP contribution in [0.25, 0.3) is 0 Å². The Morgan fingerprint density at radius 2 is 2.24 bits per heavy atom. The molecule has 0 aliphatic carbocycles. The number of anilines is 2. The molecule has 0 bridgehead atoms. The van der Waals surface area contributed by atoms with Gasteiger partial charge in [0.15, 0.2) is 0 Å². The zero-order valence-electron chi connectivity index (χ0n) is 14.4. The normalized spacial score (nSPS) is 16.7. The first-order valence-corrected chi connectivity index (χ1v) is 8.27. The molecule has 1 amide bonds. The molecule has 0 spiro atoms. The van der Waals surface area contributed by atoms with Crippen molar-refractivity contribution in [2.75, 3.05) is 36.9 Å². The zero-order chi connectivity index (χ0) is 17.8. The van der Waals surface area contributed by atoms with Crippen LogP contribution in [0.15, 0.2) is 35.4 Å². The highest BCUT2D eigenvalue weighted by Crippen LogP contribution is 2.21. The molecule has 8 heteroatoms. The van der Waals surface area contributed by atoms with E-state index in [1.807, 2.05) is 0 Å². The summed E-state index contributed by atoms with van der Waals surface area (Å²) in [6.45, 7) is 2.26. The summed E-state index contributed by atoms with van der Waals surface area (Å²) in [5.41, 5.74) is 1.31. The number of rotatable bonds is 5. The van der Waals surface area contributed by atoms with Crippen LogP contribution in [0.1, 0.15) is 16.8 Å². The van der Waals surface area contributed by atoms with E-state index in [1.54, 1.807) is 44.7 Å². The van der Waals surface area contributed by atoms with Crippen molar-refractivity contribution in [3.05, 3.63) is 46.5 Å². The summed E-state index contributed by atoms with van der Waals surface area (Å²) in [6, 6.07) is 5.02. The highest BCUT2D eigenvalue weighted by atomic mass is 16.1. The van der Waals surface area contributed by atoms with E-state index in [1.165, 1.54) is 4.68 Å². The Morgan fingerprint density at radius 3 is 3.00 bits per heavy atom. The second kappa shape index (κ2) is 7.33. The molecule has 2 N–H and O–H groups in total. The van der Waals surface area contributed by atoms with Crippen molar-refractivity contribution in [3.8, 4) is 0 Å². The van der Waals surface area contributed by atoms with Gasteiger partial charge in [0.05, 0.1) is 11.9 Å². The Bertz CT molecular complexity index is 819. The van der Waals surface area contributed by atoms with Gasteiger partial charge in [-0.3, -0.25) is 9.59 Å². The van der Waals surface area contributed by atoms with E-state index in [0.29, 0.717) is 23.8 Å². The van der Waals surface area contributed by atoms with E-state index in [0.717, 1.165) is 25.2 Å². The lowest BCUT2D eigenvalue weighted by atomic mass is 10.1. The van der Waals surface area contributed by atoms with Gasteiger partial charge in [-0.1, -0.05) is 0 Å². The van der Waals surface area contributed by atoms with E-state index < -0.39 is 0 Å². The topological polar surface area (TPSA) is 92.2 Å². The van der Waals surface area contributed by atoms with Gasteiger partial charge in [0.2, 0.25) is 0 Å². The molecule has 0 saturated carbocycles. The number of carbonyl (C=O) groups excluding carboxylic acids is 1. The third-order valence-electron chi connectivity index (χ3n) is 4.43. The molecule has 1 fully saturated rings. The van der Waals surface area contributed by atoms with Crippen molar-refractivity contribution in [1.82, 2.24) is 20.1 Å². The molecule has 1 saturated heterocycles. The van der Waals surface area contributed by atoms with Gasteiger partial charge in [-0.15, -0.1) is 0 Å².